The van der Waals surface area contributed by atoms with Crippen LogP contribution in [0.25, 0.3) is 0 Å². The zero-order valence-corrected chi connectivity index (χ0v) is 21.0. The smallest absolute Gasteiger partial charge is 0.410 e. The molecule has 1 N–H and O–H groups in total. The highest BCUT2D eigenvalue weighted by atomic mass is 19.3. The lowest BCUT2D eigenvalue weighted by atomic mass is 9.97. The molecule has 0 spiro atoms. The van der Waals surface area contributed by atoms with Gasteiger partial charge in [0.2, 0.25) is 0 Å². The molecule has 0 aliphatic carbocycles. The van der Waals surface area contributed by atoms with Crippen LogP contribution in [0, 0.1) is 13.8 Å². The van der Waals surface area contributed by atoms with E-state index in [1.165, 1.54) is 23.1 Å². The second-order valence-electron chi connectivity index (χ2n) is 9.39. The third kappa shape index (κ3) is 6.91. The Morgan fingerprint density at radius 1 is 1.19 bits per heavy atom. The van der Waals surface area contributed by atoms with Gasteiger partial charge in [-0.2, -0.15) is 8.78 Å². The Morgan fingerprint density at radius 3 is 2.44 bits per heavy atom. The van der Waals surface area contributed by atoms with E-state index < -0.39 is 30.1 Å². The summed E-state index contributed by atoms with van der Waals surface area (Å²) in [4.78, 5) is 25.9. The number of hydrogen-bond donors (Lipinski definition) is 1. The number of nitrogens with zero attached hydrogens (tertiary/aromatic N) is 1. The van der Waals surface area contributed by atoms with Gasteiger partial charge in [-0.3, -0.25) is 0 Å². The average Bonchev–Trinajstić information content (AvgIpc) is 2.81. The summed E-state index contributed by atoms with van der Waals surface area (Å²) < 4.78 is 40.2. The molecule has 0 unspecified atom stereocenters. The lowest BCUT2D eigenvalue weighted by molar-refractivity contribution is -0.0930. The monoisotopic (exact) mass is 501 g/mol. The third-order valence-corrected chi connectivity index (χ3v) is 5.94. The highest BCUT2D eigenvalue weighted by Gasteiger charge is 2.39. The number of amides is 1. The molecule has 194 valence electrons. The van der Waals surface area contributed by atoms with Gasteiger partial charge in [-0.15, -0.1) is 0 Å². The Morgan fingerprint density at radius 2 is 1.83 bits per heavy atom. The van der Waals surface area contributed by atoms with Crippen LogP contribution in [-0.2, 0) is 21.8 Å². The van der Waals surface area contributed by atoms with Crippen molar-refractivity contribution in [2.45, 2.75) is 64.7 Å². The van der Waals surface area contributed by atoms with Gasteiger partial charge in [-0.05, 0) is 63.9 Å². The average molecular weight is 502 g/mol. The number of carbonyl (C=O) groups is 2. The van der Waals surface area contributed by atoms with E-state index in [1.54, 1.807) is 58.0 Å². The maximum atomic E-state index is 14.9. The van der Waals surface area contributed by atoms with E-state index >= 15 is 0 Å². The number of aliphatic hydroxyl groups excluding tert-OH is 1. The van der Waals surface area contributed by atoms with Crippen LogP contribution in [0.1, 0.15) is 52.9 Å². The highest BCUT2D eigenvalue weighted by Crippen LogP contribution is 2.34. The molecule has 1 aliphatic heterocycles. The van der Waals surface area contributed by atoms with Gasteiger partial charge >= 0.3 is 18.0 Å². The summed E-state index contributed by atoms with van der Waals surface area (Å²) in [7, 11) is 0. The normalized spacial score (nSPS) is 17.4. The van der Waals surface area contributed by atoms with Gasteiger partial charge in [0.15, 0.2) is 0 Å². The van der Waals surface area contributed by atoms with Gasteiger partial charge in [0.05, 0.1) is 24.3 Å². The first-order valence-corrected chi connectivity index (χ1v) is 12.0. The Kier molecular flexibility index (Phi) is 8.84. The number of aliphatic hydroxyl groups is 1. The van der Waals surface area contributed by atoms with Crippen molar-refractivity contribution in [1.82, 2.24) is 4.90 Å². The van der Waals surface area contributed by atoms with Crippen molar-refractivity contribution >= 4 is 12.1 Å². The second-order valence-corrected chi connectivity index (χ2v) is 9.39. The molecular formula is C28H33F2NO5. The number of carbonyl (C=O) groups excluding carboxylic acids is 2. The molecule has 1 fully saturated rings. The fourth-order valence-electron chi connectivity index (χ4n) is 4.13. The third-order valence-electron chi connectivity index (χ3n) is 5.94. The Bertz CT molecular complexity index is 1080. The number of cyclic esters (lactones) is 1. The van der Waals surface area contributed by atoms with Crippen molar-refractivity contribution in [3.63, 3.8) is 0 Å². The number of hydrogen-bond acceptors (Lipinski definition) is 5. The minimum atomic E-state index is -3.48. The molecule has 2 atom stereocenters. The zero-order chi connectivity index (χ0) is 26.5. The molecule has 1 aliphatic rings. The van der Waals surface area contributed by atoms with Crippen LogP contribution >= 0.6 is 0 Å². The predicted molar refractivity (Wildman–Crippen MR) is 132 cm³/mol. The largest absolute Gasteiger partial charge is 0.459 e. The summed E-state index contributed by atoms with van der Waals surface area (Å²) >= 11 is 0. The standard InChI is InChI=1S/C28H33F2NO5/c1-18(2)36-26(33)22-7-5-21(6-8-22)11-13-31-24(12-14-35-27(31)34)9-10-25(32)28(29,30)23-16-19(3)15-20(4)17-23/h5-10,15-18,24-25,32H,11-14H2,1-4H3/t24-,25+/m0/s1. The molecular weight excluding hydrogens is 468 g/mol. The number of esters is 1. The molecule has 0 saturated carbocycles. The maximum absolute atomic E-state index is 14.9. The fraction of sp³-hybridized carbons (Fsp3) is 0.429. The van der Waals surface area contributed by atoms with Gasteiger partial charge in [0.25, 0.3) is 0 Å². The molecule has 1 saturated heterocycles. The highest BCUT2D eigenvalue weighted by molar-refractivity contribution is 5.89. The molecule has 0 radical (unpaired) electrons. The summed E-state index contributed by atoms with van der Waals surface area (Å²) in [5.41, 5.74) is 2.44. The lowest BCUT2D eigenvalue weighted by Gasteiger charge is -2.33. The number of ether oxygens (including phenoxy) is 2. The van der Waals surface area contributed by atoms with Crippen LogP contribution in [0.4, 0.5) is 13.6 Å². The van der Waals surface area contributed by atoms with Crippen LogP contribution in [0.5, 0.6) is 0 Å². The summed E-state index contributed by atoms with van der Waals surface area (Å²) in [5, 5.41) is 10.3. The first-order valence-electron chi connectivity index (χ1n) is 12.0. The molecule has 2 aromatic rings. The summed E-state index contributed by atoms with van der Waals surface area (Å²) in [6, 6.07) is 10.9. The van der Waals surface area contributed by atoms with Gasteiger partial charge in [-0.1, -0.05) is 41.5 Å². The summed E-state index contributed by atoms with van der Waals surface area (Å²) in [6.07, 6.45) is 0.604. The first-order chi connectivity index (χ1) is 17.0. The Labute approximate surface area is 210 Å². The van der Waals surface area contributed by atoms with E-state index in [1.807, 2.05) is 0 Å². The molecule has 6 nitrogen and oxygen atoms in total. The van der Waals surface area contributed by atoms with Gasteiger partial charge in [0, 0.05) is 18.5 Å². The molecule has 2 aromatic carbocycles. The van der Waals surface area contributed by atoms with Gasteiger partial charge in [0.1, 0.15) is 6.10 Å². The molecule has 8 heteroatoms. The minimum Gasteiger partial charge on any atom is -0.459 e. The van der Waals surface area contributed by atoms with Crippen molar-refractivity contribution in [2.75, 3.05) is 13.2 Å². The van der Waals surface area contributed by atoms with E-state index in [0.717, 1.165) is 11.6 Å². The van der Waals surface area contributed by atoms with Crippen molar-refractivity contribution in [3.05, 3.63) is 82.4 Å². The summed E-state index contributed by atoms with van der Waals surface area (Å²) in [6.45, 7) is 7.46. The second kappa shape index (κ2) is 11.6. The number of alkyl halides is 2. The van der Waals surface area contributed by atoms with E-state index in [0.29, 0.717) is 29.5 Å². The molecule has 1 amide bonds. The van der Waals surface area contributed by atoms with Crippen molar-refractivity contribution in [1.29, 1.82) is 0 Å². The van der Waals surface area contributed by atoms with Gasteiger partial charge in [-0.25, -0.2) is 9.59 Å². The van der Waals surface area contributed by atoms with E-state index in [2.05, 4.69) is 0 Å². The SMILES string of the molecule is Cc1cc(C)cc(C(F)(F)[C@H](O)C=C[C@H]2CCOC(=O)N2CCc2ccc(C(=O)OC(C)C)cc2)c1. The van der Waals surface area contributed by atoms with Crippen molar-refractivity contribution in [3.8, 4) is 0 Å². The number of halogens is 2. The maximum Gasteiger partial charge on any atom is 0.410 e. The number of aryl methyl sites for hydroxylation is 2. The van der Waals surface area contributed by atoms with Gasteiger partial charge < -0.3 is 19.5 Å². The first kappa shape index (κ1) is 27.3. The fourth-order valence-corrected chi connectivity index (χ4v) is 4.13. The van der Waals surface area contributed by atoms with Crippen molar-refractivity contribution in [2.24, 2.45) is 0 Å². The molecule has 0 aromatic heterocycles. The number of benzene rings is 2. The molecule has 0 bridgehead atoms. The zero-order valence-electron chi connectivity index (χ0n) is 21.0. The van der Waals surface area contributed by atoms with E-state index in [9.17, 15) is 23.5 Å². The van der Waals surface area contributed by atoms with Crippen LogP contribution in [0.2, 0.25) is 0 Å². The Hall–Kier alpha value is -3.26. The van der Waals surface area contributed by atoms with E-state index in [4.69, 9.17) is 9.47 Å². The quantitative estimate of drug-likeness (QED) is 0.371. The Balaban J connectivity index is 1.67. The predicted octanol–water partition coefficient (Wildman–Crippen LogP) is 5.33. The molecule has 3 rings (SSSR count). The van der Waals surface area contributed by atoms with Crippen LogP contribution in [-0.4, -0.2) is 53.5 Å². The molecule has 36 heavy (non-hydrogen) atoms. The van der Waals surface area contributed by atoms with Crippen LogP contribution in [0.3, 0.4) is 0 Å². The van der Waals surface area contributed by atoms with Crippen molar-refractivity contribution < 1.29 is 33.0 Å². The minimum absolute atomic E-state index is 0.167. The topological polar surface area (TPSA) is 76.1 Å². The molecule has 1 heterocycles. The number of rotatable bonds is 9. The lowest BCUT2D eigenvalue weighted by Crippen LogP contribution is -2.45. The van der Waals surface area contributed by atoms with Crippen LogP contribution in [0.15, 0.2) is 54.6 Å². The van der Waals surface area contributed by atoms with Crippen LogP contribution < -0.4 is 0 Å². The van der Waals surface area contributed by atoms with E-state index in [-0.39, 0.29) is 24.8 Å². The summed E-state index contributed by atoms with van der Waals surface area (Å²) in [5.74, 6) is -3.89.